The molecule has 416 valence electrons. The van der Waals surface area contributed by atoms with E-state index in [0.717, 1.165) is 44.9 Å². The molecule has 2 atom stereocenters. The molecule has 0 heterocycles. The zero-order chi connectivity index (χ0) is 50.7. The maximum Gasteiger partial charge on any atom is 0.305 e. The van der Waals surface area contributed by atoms with Crippen LogP contribution in [0.25, 0.3) is 0 Å². The molecule has 0 spiro atoms. The van der Waals surface area contributed by atoms with E-state index in [4.69, 9.17) is 4.74 Å². The van der Waals surface area contributed by atoms with Crippen molar-refractivity contribution in [3.8, 4) is 0 Å². The molecule has 70 heavy (non-hydrogen) atoms. The van der Waals surface area contributed by atoms with Gasteiger partial charge in [-0.05, 0) is 51.4 Å². The predicted octanol–water partition coefficient (Wildman–Crippen LogP) is 20.0. The number of rotatable bonds is 60. The number of amides is 1. The van der Waals surface area contributed by atoms with Crippen molar-refractivity contribution >= 4 is 11.9 Å². The van der Waals surface area contributed by atoms with Crippen molar-refractivity contribution in [1.82, 2.24) is 5.32 Å². The van der Waals surface area contributed by atoms with Gasteiger partial charge >= 0.3 is 5.97 Å². The van der Waals surface area contributed by atoms with Gasteiger partial charge in [-0.2, -0.15) is 0 Å². The largest absolute Gasteiger partial charge is 0.466 e. The third-order valence-electron chi connectivity index (χ3n) is 15.1. The lowest BCUT2D eigenvalue weighted by Gasteiger charge is -2.22. The number of carbonyl (C=O) groups is 2. The van der Waals surface area contributed by atoms with Crippen LogP contribution in [0.3, 0.4) is 0 Å². The molecule has 0 aliphatic rings. The van der Waals surface area contributed by atoms with Gasteiger partial charge in [-0.15, -0.1) is 0 Å². The van der Waals surface area contributed by atoms with Crippen LogP contribution < -0.4 is 5.32 Å². The lowest BCUT2D eigenvalue weighted by Crippen LogP contribution is -2.45. The molecule has 6 heteroatoms. The Kier molecular flexibility index (Phi) is 59.0. The lowest BCUT2D eigenvalue weighted by atomic mass is 10.0. The van der Waals surface area contributed by atoms with E-state index >= 15 is 0 Å². The summed E-state index contributed by atoms with van der Waals surface area (Å²) in [7, 11) is 0. The summed E-state index contributed by atoms with van der Waals surface area (Å²) in [5.41, 5.74) is 0. The van der Waals surface area contributed by atoms with Gasteiger partial charge in [-0.25, -0.2) is 0 Å². The fourth-order valence-corrected chi connectivity index (χ4v) is 10.2. The summed E-state index contributed by atoms with van der Waals surface area (Å²) in [6.45, 7) is 4.95. The Morgan fingerprint density at radius 2 is 0.671 bits per heavy atom. The molecule has 0 aromatic heterocycles. The van der Waals surface area contributed by atoms with Crippen molar-refractivity contribution < 1.29 is 24.5 Å². The molecular formula is C64H125NO5. The molecule has 0 aliphatic carbocycles. The zero-order valence-corrected chi connectivity index (χ0v) is 47.5. The number of hydrogen-bond donors (Lipinski definition) is 3. The summed E-state index contributed by atoms with van der Waals surface area (Å²) in [6, 6.07) is -0.545. The lowest BCUT2D eigenvalue weighted by molar-refractivity contribution is -0.143. The first-order chi connectivity index (χ1) is 34.5. The van der Waals surface area contributed by atoms with Crippen LogP contribution in [0.1, 0.15) is 361 Å². The van der Waals surface area contributed by atoms with E-state index in [1.54, 1.807) is 0 Å². The van der Waals surface area contributed by atoms with Crippen LogP contribution >= 0.6 is 0 Å². The number of aliphatic hydroxyl groups excluding tert-OH is 2. The third kappa shape index (κ3) is 55.9. The standard InChI is InChI=1S/C64H125NO5/c1-3-5-7-9-11-13-15-17-18-19-20-21-22-23-24-27-30-33-36-40-44-48-52-56-62(67)61(60-66)65-63(68)57-53-49-45-41-37-34-31-28-25-26-29-32-35-39-43-47-51-55-59-70-64(69)58-54-50-46-42-38-16-14-12-10-8-6-4-2/h12,14,61-62,66-67H,3-11,13,15-60H2,1-2H3,(H,65,68)/b14-12-. The van der Waals surface area contributed by atoms with E-state index in [1.807, 2.05) is 0 Å². The fourth-order valence-electron chi connectivity index (χ4n) is 10.2. The highest BCUT2D eigenvalue weighted by Gasteiger charge is 2.20. The van der Waals surface area contributed by atoms with Crippen LogP contribution in [0.2, 0.25) is 0 Å². The summed E-state index contributed by atoms with van der Waals surface area (Å²) in [5, 5.41) is 23.4. The van der Waals surface area contributed by atoms with Crippen molar-refractivity contribution in [3.05, 3.63) is 12.2 Å². The second kappa shape index (κ2) is 60.2. The Morgan fingerprint density at radius 1 is 0.386 bits per heavy atom. The summed E-state index contributed by atoms with van der Waals surface area (Å²) in [6.07, 6.45) is 72.2. The molecule has 2 unspecified atom stereocenters. The van der Waals surface area contributed by atoms with Gasteiger partial charge in [0.1, 0.15) is 0 Å². The molecule has 0 fully saturated rings. The zero-order valence-electron chi connectivity index (χ0n) is 47.5. The number of allylic oxidation sites excluding steroid dienone is 2. The summed E-state index contributed by atoms with van der Waals surface area (Å²) in [5.74, 6) is -0.0365. The van der Waals surface area contributed by atoms with E-state index in [-0.39, 0.29) is 18.5 Å². The maximum atomic E-state index is 12.5. The van der Waals surface area contributed by atoms with Gasteiger partial charge in [0.25, 0.3) is 0 Å². The molecule has 0 radical (unpaired) electrons. The number of ether oxygens (including phenoxy) is 1. The van der Waals surface area contributed by atoms with Crippen LogP contribution in [-0.4, -0.2) is 47.4 Å². The first-order valence-electron chi connectivity index (χ1n) is 31.9. The molecule has 3 N–H and O–H groups in total. The molecule has 0 aromatic carbocycles. The SMILES string of the molecule is CCCCC/C=C\CCCCCCCC(=O)OCCCCCCCCCCCCCCCCCCCCC(=O)NC(CO)C(O)CCCCCCCCCCCCCCCCCCCCCCCCC. The van der Waals surface area contributed by atoms with Crippen LogP contribution in [0, 0.1) is 0 Å². The summed E-state index contributed by atoms with van der Waals surface area (Å²) in [4.78, 5) is 24.5. The number of esters is 1. The van der Waals surface area contributed by atoms with E-state index < -0.39 is 12.1 Å². The Labute approximate surface area is 438 Å². The third-order valence-corrected chi connectivity index (χ3v) is 15.1. The molecule has 0 bridgehead atoms. The Hall–Kier alpha value is -1.40. The highest BCUT2D eigenvalue weighted by molar-refractivity contribution is 5.76. The van der Waals surface area contributed by atoms with Gasteiger partial charge < -0.3 is 20.3 Å². The maximum absolute atomic E-state index is 12.5. The number of carbonyl (C=O) groups excluding carboxylic acids is 2. The van der Waals surface area contributed by atoms with Crippen molar-refractivity contribution in [3.63, 3.8) is 0 Å². The second-order valence-corrected chi connectivity index (χ2v) is 22.1. The first kappa shape index (κ1) is 68.6. The van der Waals surface area contributed by atoms with E-state index in [0.29, 0.717) is 25.9 Å². The molecular weight excluding hydrogens is 863 g/mol. The van der Waals surface area contributed by atoms with Gasteiger partial charge in [0.2, 0.25) is 5.91 Å². The number of hydrogen-bond acceptors (Lipinski definition) is 5. The summed E-state index contributed by atoms with van der Waals surface area (Å²) >= 11 is 0. The molecule has 0 saturated heterocycles. The minimum Gasteiger partial charge on any atom is -0.466 e. The van der Waals surface area contributed by atoms with Crippen molar-refractivity contribution in [2.45, 2.75) is 373 Å². The second-order valence-electron chi connectivity index (χ2n) is 22.1. The molecule has 0 saturated carbocycles. The van der Waals surface area contributed by atoms with Crippen LogP contribution in [0.5, 0.6) is 0 Å². The van der Waals surface area contributed by atoms with Crippen LogP contribution in [-0.2, 0) is 14.3 Å². The average molecular weight is 989 g/mol. The first-order valence-corrected chi connectivity index (χ1v) is 31.9. The smallest absolute Gasteiger partial charge is 0.305 e. The Balaban J connectivity index is 3.41. The monoisotopic (exact) mass is 988 g/mol. The van der Waals surface area contributed by atoms with Gasteiger partial charge in [0.15, 0.2) is 0 Å². The van der Waals surface area contributed by atoms with Gasteiger partial charge in [-0.1, -0.05) is 309 Å². The quantitative estimate of drug-likeness (QED) is 0.0321. The topological polar surface area (TPSA) is 95.9 Å². The van der Waals surface area contributed by atoms with Crippen LogP contribution in [0.4, 0.5) is 0 Å². The van der Waals surface area contributed by atoms with Crippen molar-refractivity contribution in [2.75, 3.05) is 13.2 Å². The minimum atomic E-state index is -0.668. The normalized spacial score (nSPS) is 12.6. The molecule has 0 rings (SSSR count). The highest BCUT2D eigenvalue weighted by atomic mass is 16.5. The Bertz CT molecular complexity index is 1050. The van der Waals surface area contributed by atoms with E-state index in [2.05, 4.69) is 31.3 Å². The average Bonchev–Trinajstić information content (AvgIpc) is 3.36. The molecule has 0 aromatic rings. The predicted molar refractivity (Wildman–Crippen MR) is 306 cm³/mol. The van der Waals surface area contributed by atoms with Crippen molar-refractivity contribution in [1.29, 1.82) is 0 Å². The molecule has 6 nitrogen and oxygen atoms in total. The van der Waals surface area contributed by atoms with Gasteiger partial charge in [-0.3, -0.25) is 9.59 Å². The number of unbranched alkanes of at least 4 members (excludes halogenated alkanes) is 47. The molecule has 1 amide bonds. The fraction of sp³-hybridized carbons (Fsp3) is 0.938. The van der Waals surface area contributed by atoms with E-state index in [1.165, 1.54) is 283 Å². The van der Waals surface area contributed by atoms with Crippen LogP contribution in [0.15, 0.2) is 12.2 Å². The number of nitrogens with one attached hydrogen (secondary N) is 1. The Morgan fingerprint density at radius 3 is 1.04 bits per heavy atom. The van der Waals surface area contributed by atoms with Gasteiger partial charge in [0.05, 0.1) is 25.4 Å². The van der Waals surface area contributed by atoms with E-state index in [9.17, 15) is 19.8 Å². The highest BCUT2D eigenvalue weighted by Crippen LogP contribution is 2.18. The van der Waals surface area contributed by atoms with Crippen molar-refractivity contribution in [2.24, 2.45) is 0 Å². The van der Waals surface area contributed by atoms with Gasteiger partial charge in [0, 0.05) is 12.8 Å². The summed E-state index contributed by atoms with van der Waals surface area (Å²) < 4.78 is 5.46. The number of aliphatic hydroxyl groups is 2. The molecule has 0 aliphatic heterocycles. The minimum absolute atomic E-state index is 0.00170.